The molecule has 9 heteroatoms. The summed E-state index contributed by atoms with van der Waals surface area (Å²) in [6.07, 6.45) is 0.136. The molecule has 4 atom stereocenters. The molecule has 2 N–H and O–H groups in total. The van der Waals surface area contributed by atoms with E-state index < -0.39 is 18.3 Å². The van der Waals surface area contributed by atoms with Gasteiger partial charge in [0, 0.05) is 32.5 Å². The van der Waals surface area contributed by atoms with Crippen LogP contribution in [0.2, 0.25) is 0 Å². The largest absolute Gasteiger partial charge is 0.347 e. The van der Waals surface area contributed by atoms with Gasteiger partial charge in [-0.25, -0.2) is 13.5 Å². The lowest BCUT2D eigenvalue weighted by atomic mass is 10.00. The van der Waals surface area contributed by atoms with Gasteiger partial charge in [0.1, 0.15) is 12.2 Å². The summed E-state index contributed by atoms with van der Waals surface area (Å²) < 4.78 is 18.3. The molecule has 3 saturated heterocycles. The summed E-state index contributed by atoms with van der Waals surface area (Å²) >= 11 is 3.66. The molecule has 3 fully saturated rings. The number of carbonyl (C=O) groups is 2. The Bertz CT molecular complexity index is 426. The van der Waals surface area contributed by atoms with E-state index in [4.69, 9.17) is 4.28 Å². The smallest absolute Gasteiger partial charge is 0.345 e. The van der Waals surface area contributed by atoms with Gasteiger partial charge in [-0.2, -0.15) is 5.06 Å². The maximum Gasteiger partial charge on any atom is 0.345 e. The van der Waals surface area contributed by atoms with E-state index in [9.17, 15) is 14.0 Å². The van der Waals surface area contributed by atoms with Crippen molar-refractivity contribution in [3.63, 3.8) is 0 Å². The third kappa shape index (κ3) is 2.23. The van der Waals surface area contributed by atoms with E-state index in [2.05, 4.69) is 23.5 Å². The maximum absolute atomic E-state index is 13.5. The molecule has 3 heterocycles. The van der Waals surface area contributed by atoms with Crippen LogP contribution in [0.15, 0.2) is 0 Å². The van der Waals surface area contributed by atoms with Gasteiger partial charge >= 0.3 is 6.03 Å². The van der Waals surface area contributed by atoms with Crippen molar-refractivity contribution in [2.45, 2.75) is 37.1 Å². The van der Waals surface area contributed by atoms with Gasteiger partial charge in [0.2, 0.25) is 5.91 Å². The fraction of sp³-hybridized carbons (Fsp3) is 0.818. The number of nitrogens with zero attached hydrogens (tertiary/aromatic N) is 2. The lowest BCUT2D eigenvalue weighted by Gasteiger charge is -2.30. The van der Waals surface area contributed by atoms with Gasteiger partial charge in [-0.15, -0.1) is 0 Å². The third-order valence-corrected chi connectivity index (χ3v) is 4.36. The lowest BCUT2D eigenvalue weighted by Crippen LogP contribution is -2.53. The number of fused-ring (bicyclic) bond motifs is 2. The zero-order valence-electron chi connectivity index (χ0n) is 10.8. The molecule has 7 nitrogen and oxygen atoms in total. The molecule has 0 saturated carbocycles. The summed E-state index contributed by atoms with van der Waals surface area (Å²) in [5.41, 5.74) is 0. The minimum Gasteiger partial charge on any atom is -0.347 e. The van der Waals surface area contributed by atoms with E-state index in [1.54, 1.807) is 0 Å². The fourth-order valence-electron chi connectivity index (χ4n) is 3.08. The number of hydrogen-bond acceptors (Lipinski definition) is 5. The minimum atomic E-state index is -1.08. The standard InChI is InChI=1S/C11H17FN4O3S/c12-7-3-13-4-8(7)14-10(17)9-2-1-6-5-15(9)11(18)16(6)19-20/h6-9,13,20H,1-5H2,(H,14,17)/t6-,7+,8+,9+/m1/s1. The van der Waals surface area contributed by atoms with Gasteiger partial charge in [0.05, 0.1) is 12.1 Å². The van der Waals surface area contributed by atoms with Crippen LogP contribution in [-0.4, -0.2) is 65.8 Å². The molecule has 0 radical (unpaired) electrons. The molecule has 0 spiro atoms. The average molecular weight is 304 g/mol. The van der Waals surface area contributed by atoms with Crippen molar-refractivity contribution < 1.29 is 18.3 Å². The number of nitrogens with one attached hydrogen (secondary N) is 2. The highest BCUT2D eigenvalue weighted by molar-refractivity contribution is 7.75. The van der Waals surface area contributed by atoms with Crippen molar-refractivity contribution in [3.05, 3.63) is 0 Å². The van der Waals surface area contributed by atoms with Crippen molar-refractivity contribution in [2.75, 3.05) is 19.6 Å². The number of hydroxylamine groups is 2. The van der Waals surface area contributed by atoms with Gasteiger partial charge in [-0.3, -0.25) is 4.79 Å². The van der Waals surface area contributed by atoms with E-state index in [0.29, 0.717) is 25.9 Å². The Kier molecular flexibility index (Phi) is 3.74. The predicted octanol–water partition coefficient (Wildman–Crippen LogP) is -0.543. The first-order valence-corrected chi connectivity index (χ1v) is 7.05. The van der Waals surface area contributed by atoms with Crippen LogP contribution >= 0.6 is 12.9 Å². The fourth-order valence-corrected chi connectivity index (χ4v) is 3.28. The third-order valence-electron chi connectivity index (χ3n) is 4.18. The second-order valence-corrected chi connectivity index (χ2v) is 5.54. The van der Waals surface area contributed by atoms with Gasteiger partial charge in [-0.05, 0) is 12.8 Å². The van der Waals surface area contributed by atoms with Crippen molar-refractivity contribution in [2.24, 2.45) is 0 Å². The molecule has 3 aliphatic rings. The van der Waals surface area contributed by atoms with Crippen molar-refractivity contribution in [1.82, 2.24) is 20.6 Å². The molecule has 3 aliphatic heterocycles. The second-order valence-electron chi connectivity index (χ2n) is 5.38. The van der Waals surface area contributed by atoms with Gasteiger partial charge in [-0.1, -0.05) is 0 Å². The predicted molar refractivity (Wildman–Crippen MR) is 70.5 cm³/mol. The summed E-state index contributed by atoms with van der Waals surface area (Å²) in [5.74, 6) is -0.297. The Morgan fingerprint density at radius 2 is 2.25 bits per heavy atom. The Balaban J connectivity index is 1.65. The molecule has 20 heavy (non-hydrogen) atoms. The number of urea groups is 1. The number of thiol groups is 1. The van der Waals surface area contributed by atoms with Crippen molar-refractivity contribution in [3.8, 4) is 0 Å². The molecule has 0 aliphatic carbocycles. The van der Waals surface area contributed by atoms with Crippen molar-refractivity contribution in [1.29, 1.82) is 0 Å². The van der Waals surface area contributed by atoms with Crippen LogP contribution in [0.4, 0.5) is 9.18 Å². The van der Waals surface area contributed by atoms with Gasteiger partial charge in [0.25, 0.3) is 0 Å². The van der Waals surface area contributed by atoms with Crippen LogP contribution in [0.25, 0.3) is 0 Å². The van der Waals surface area contributed by atoms with Crippen LogP contribution < -0.4 is 10.6 Å². The monoisotopic (exact) mass is 304 g/mol. The quantitative estimate of drug-likeness (QED) is 0.483. The topological polar surface area (TPSA) is 73.9 Å². The highest BCUT2D eigenvalue weighted by Gasteiger charge is 2.48. The average Bonchev–Trinajstić information content (AvgIpc) is 2.94. The summed E-state index contributed by atoms with van der Waals surface area (Å²) in [4.78, 5) is 25.8. The highest BCUT2D eigenvalue weighted by atomic mass is 32.1. The number of alkyl halides is 1. The second kappa shape index (κ2) is 5.38. The number of amides is 3. The van der Waals surface area contributed by atoms with Crippen molar-refractivity contribution >= 4 is 24.8 Å². The highest BCUT2D eigenvalue weighted by Crippen LogP contribution is 2.30. The zero-order chi connectivity index (χ0) is 14.3. The first kappa shape index (κ1) is 13.9. The molecule has 0 aromatic heterocycles. The maximum atomic E-state index is 13.5. The number of carbonyl (C=O) groups excluding carboxylic acids is 2. The Labute approximate surface area is 121 Å². The molecular formula is C11H17FN4O3S. The van der Waals surface area contributed by atoms with E-state index in [1.165, 1.54) is 9.96 Å². The molecule has 3 rings (SSSR count). The molecular weight excluding hydrogens is 287 g/mol. The zero-order valence-corrected chi connectivity index (χ0v) is 11.7. The molecule has 0 unspecified atom stereocenters. The number of halogens is 1. The number of rotatable bonds is 3. The van der Waals surface area contributed by atoms with Crippen LogP contribution in [0.5, 0.6) is 0 Å². The van der Waals surface area contributed by atoms with Crippen LogP contribution in [-0.2, 0) is 9.08 Å². The van der Waals surface area contributed by atoms with Crippen LogP contribution in [0.3, 0.4) is 0 Å². The molecule has 2 bridgehead atoms. The lowest BCUT2D eigenvalue weighted by molar-refractivity contribution is -0.127. The Hall–Kier alpha value is -1.06. The van der Waals surface area contributed by atoms with Gasteiger partial charge in [0.15, 0.2) is 0 Å². The normalized spacial score (nSPS) is 36.6. The van der Waals surface area contributed by atoms with E-state index in [-0.39, 0.29) is 24.5 Å². The van der Waals surface area contributed by atoms with Crippen LogP contribution in [0, 0.1) is 0 Å². The minimum absolute atomic E-state index is 0.0638. The number of hydrogen-bond donors (Lipinski definition) is 3. The molecule has 0 aromatic rings. The summed E-state index contributed by atoms with van der Waals surface area (Å²) in [7, 11) is 0. The van der Waals surface area contributed by atoms with Crippen LogP contribution in [0.1, 0.15) is 12.8 Å². The molecule has 0 aromatic carbocycles. The Morgan fingerprint density at radius 1 is 1.45 bits per heavy atom. The van der Waals surface area contributed by atoms with E-state index in [0.717, 1.165) is 0 Å². The summed E-state index contributed by atoms with van der Waals surface area (Å²) in [6.45, 7) is 1.11. The summed E-state index contributed by atoms with van der Waals surface area (Å²) in [5, 5.41) is 6.75. The summed E-state index contributed by atoms with van der Waals surface area (Å²) in [6, 6.07) is -1.50. The van der Waals surface area contributed by atoms with E-state index >= 15 is 0 Å². The first-order valence-electron chi connectivity index (χ1n) is 6.68. The SMILES string of the molecule is O=C(N[C@H]1CNC[C@@H]1F)[C@@H]1CC[C@@H]2CN1C(=O)N2OS. The van der Waals surface area contributed by atoms with Gasteiger partial charge < -0.3 is 15.5 Å². The molecule has 3 amide bonds. The first-order chi connectivity index (χ1) is 9.61. The molecule has 112 valence electrons. The number of piperidine rings is 1. The van der Waals surface area contributed by atoms with E-state index in [1.807, 2.05) is 0 Å². The Morgan fingerprint density at radius 3 is 2.90 bits per heavy atom.